The summed E-state index contributed by atoms with van der Waals surface area (Å²) in [7, 11) is 1.85. The van der Waals surface area contributed by atoms with Crippen LogP contribution in [0.3, 0.4) is 0 Å². The van der Waals surface area contributed by atoms with Crippen molar-refractivity contribution in [3.05, 3.63) is 53.6 Å². The van der Waals surface area contributed by atoms with Crippen LogP contribution in [0.2, 0.25) is 0 Å². The molecule has 0 aliphatic rings. The molecule has 0 saturated heterocycles. The van der Waals surface area contributed by atoms with E-state index in [1.807, 2.05) is 55.8 Å². The molecule has 28 heavy (non-hydrogen) atoms. The van der Waals surface area contributed by atoms with E-state index >= 15 is 0 Å². The number of carbonyl (C=O) groups excluding carboxylic acids is 2. The quantitative estimate of drug-likeness (QED) is 0.567. The van der Waals surface area contributed by atoms with Gasteiger partial charge in [-0.1, -0.05) is 44.2 Å². The summed E-state index contributed by atoms with van der Waals surface area (Å²) in [6, 6.07) is 13.8. The van der Waals surface area contributed by atoms with Crippen molar-refractivity contribution >= 4 is 35.0 Å². The van der Waals surface area contributed by atoms with E-state index in [1.165, 1.54) is 0 Å². The van der Waals surface area contributed by atoms with E-state index in [0.717, 1.165) is 45.1 Å². The van der Waals surface area contributed by atoms with E-state index in [4.69, 9.17) is 0 Å². The van der Waals surface area contributed by atoms with Crippen molar-refractivity contribution in [2.75, 3.05) is 37.0 Å². The molecule has 0 radical (unpaired) electrons. The summed E-state index contributed by atoms with van der Waals surface area (Å²) in [6.07, 6.45) is 3.71. The van der Waals surface area contributed by atoms with Gasteiger partial charge in [-0.3, -0.25) is 9.59 Å². The minimum absolute atomic E-state index is 0.0783. The van der Waals surface area contributed by atoms with E-state index in [1.54, 1.807) is 11.8 Å². The van der Waals surface area contributed by atoms with Crippen molar-refractivity contribution in [1.29, 1.82) is 0 Å². The second-order valence-corrected chi connectivity index (χ2v) is 7.61. The fourth-order valence-electron chi connectivity index (χ4n) is 3.14. The SMILES string of the molecule is CCc1cccc(CC)c1NC(=O)C[NH+](C)CC(=O)Nc1ccccc1SC. The molecule has 0 aromatic heterocycles. The largest absolute Gasteiger partial charge is 0.322 e. The Morgan fingerprint density at radius 2 is 1.46 bits per heavy atom. The molecule has 1 atom stereocenters. The lowest BCUT2D eigenvalue weighted by atomic mass is 10.0. The molecule has 2 aromatic rings. The van der Waals surface area contributed by atoms with Gasteiger partial charge in [0.15, 0.2) is 13.1 Å². The molecule has 2 aromatic carbocycles. The highest BCUT2D eigenvalue weighted by molar-refractivity contribution is 7.98. The standard InChI is InChI=1S/C22H29N3O2S/c1-5-16-10-9-11-17(6-2)22(16)24-21(27)15-25(3)14-20(26)23-18-12-7-8-13-19(18)28-4/h7-13H,5-6,14-15H2,1-4H3,(H,23,26)(H,24,27)/p+1. The normalized spacial score (nSPS) is 11.7. The lowest BCUT2D eigenvalue weighted by Gasteiger charge is -2.17. The Balaban J connectivity index is 1.93. The smallest absolute Gasteiger partial charge is 0.279 e. The molecular formula is C22H30N3O2S+. The summed E-state index contributed by atoms with van der Waals surface area (Å²) in [6.45, 7) is 4.63. The van der Waals surface area contributed by atoms with Crippen LogP contribution >= 0.6 is 11.8 Å². The van der Waals surface area contributed by atoms with Gasteiger partial charge >= 0.3 is 0 Å². The molecule has 0 saturated carbocycles. The zero-order valence-electron chi connectivity index (χ0n) is 17.1. The van der Waals surface area contributed by atoms with Crippen LogP contribution in [0.25, 0.3) is 0 Å². The van der Waals surface area contributed by atoms with Gasteiger partial charge in [0.2, 0.25) is 0 Å². The minimum atomic E-state index is -0.102. The van der Waals surface area contributed by atoms with Gasteiger partial charge in [-0.2, -0.15) is 0 Å². The predicted octanol–water partition coefficient (Wildman–Crippen LogP) is 2.63. The highest BCUT2D eigenvalue weighted by Gasteiger charge is 2.17. The number of likely N-dealkylation sites (N-methyl/N-ethyl adjacent to an activating group) is 1. The van der Waals surface area contributed by atoms with Crippen LogP contribution < -0.4 is 15.5 Å². The Morgan fingerprint density at radius 3 is 2.04 bits per heavy atom. The number of nitrogens with one attached hydrogen (secondary N) is 3. The number of aryl methyl sites for hydroxylation is 2. The fourth-order valence-corrected chi connectivity index (χ4v) is 3.69. The van der Waals surface area contributed by atoms with Crippen LogP contribution in [0.5, 0.6) is 0 Å². The molecule has 6 heteroatoms. The van der Waals surface area contributed by atoms with Crippen molar-refractivity contribution in [2.45, 2.75) is 31.6 Å². The second kappa shape index (κ2) is 10.9. The number of para-hydroxylation sites is 2. The number of hydrogen-bond acceptors (Lipinski definition) is 3. The number of thioether (sulfide) groups is 1. The third-order valence-corrected chi connectivity index (χ3v) is 5.36. The van der Waals surface area contributed by atoms with Gasteiger partial charge in [0, 0.05) is 10.6 Å². The Labute approximate surface area is 171 Å². The number of amides is 2. The summed E-state index contributed by atoms with van der Waals surface area (Å²) >= 11 is 1.59. The van der Waals surface area contributed by atoms with Crippen LogP contribution in [0.1, 0.15) is 25.0 Å². The van der Waals surface area contributed by atoms with Crippen LogP contribution in [0.4, 0.5) is 11.4 Å². The monoisotopic (exact) mass is 400 g/mol. The number of rotatable bonds is 9. The summed E-state index contributed by atoms with van der Waals surface area (Å²) in [5.74, 6) is -0.180. The van der Waals surface area contributed by atoms with E-state index in [-0.39, 0.29) is 24.9 Å². The van der Waals surface area contributed by atoms with E-state index in [0.29, 0.717) is 0 Å². The molecule has 0 fully saturated rings. The van der Waals surface area contributed by atoms with Gasteiger partial charge < -0.3 is 15.5 Å². The van der Waals surface area contributed by atoms with Gasteiger partial charge in [-0.05, 0) is 42.4 Å². The number of hydrogen-bond donors (Lipinski definition) is 3. The molecule has 5 nitrogen and oxygen atoms in total. The number of benzene rings is 2. The number of anilines is 2. The van der Waals surface area contributed by atoms with Crippen LogP contribution in [0.15, 0.2) is 47.4 Å². The van der Waals surface area contributed by atoms with Crippen molar-refractivity contribution in [2.24, 2.45) is 0 Å². The Bertz CT molecular complexity index is 801. The average Bonchev–Trinajstić information content (AvgIpc) is 2.68. The molecule has 3 N–H and O–H groups in total. The Morgan fingerprint density at radius 1 is 0.893 bits per heavy atom. The maximum absolute atomic E-state index is 12.5. The maximum Gasteiger partial charge on any atom is 0.279 e. The zero-order valence-corrected chi connectivity index (χ0v) is 17.9. The lowest BCUT2D eigenvalue weighted by Crippen LogP contribution is -3.11. The van der Waals surface area contributed by atoms with Gasteiger partial charge in [0.25, 0.3) is 11.8 Å². The van der Waals surface area contributed by atoms with Gasteiger partial charge in [-0.15, -0.1) is 11.8 Å². The molecule has 1 unspecified atom stereocenters. The molecule has 2 amide bonds. The minimum Gasteiger partial charge on any atom is -0.322 e. The van der Waals surface area contributed by atoms with Crippen LogP contribution in [-0.2, 0) is 22.4 Å². The average molecular weight is 401 g/mol. The molecule has 150 valence electrons. The molecular weight excluding hydrogens is 370 g/mol. The second-order valence-electron chi connectivity index (χ2n) is 6.77. The number of quaternary nitrogens is 1. The van der Waals surface area contributed by atoms with E-state index in [9.17, 15) is 9.59 Å². The molecule has 0 bridgehead atoms. The molecule has 0 aliphatic carbocycles. The predicted molar refractivity (Wildman–Crippen MR) is 117 cm³/mol. The van der Waals surface area contributed by atoms with Crippen LogP contribution in [0, 0.1) is 0 Å². The van der Waals surface area contributed by atoms with Crippen molar-refractivity contribution in [3.63, 3.8) is 0 Å². The van der Waals surface area contributed by atoms with E-state index < -0.39 is 0 Å². The first-order valence-corrected chi connectivity index (χ1v) is 10.9. The van der Waals surface area contributed by atoms with E-state index in [2.05, 4.69) is 24.5 Å². The molecule has 0 spiro atoms. The highest BCUT2D eigenvalue weighted by Crippen LogP contribution is 2.24. The Hall–Kier alpha value is -2.31. The fraction of sp³-hybridized carbons (Fsp3) is 0.364. The summed E-state index contributed by atoms with van der Waals surface area (Å²) < 4.78 is 0. The molecule has 0 heterocycles. The highest BCUT2D eigenvalue weighted by atomic mass is 32.2. The zero-order chi connectivity index (χ0) is 20.5. The Kier molecular flexibility index (Phi) is 8.54. The lowest BCUT2D eigenvalue weighted by molar-refractivity contribution is -0.862. The van der Waals surface area contributed by atoms with Gasteiger partial charge in [0.1, 0.15) is 0 Å². The topological polar surface area (TPSA) is 62.6 Å². The number of carbonyl (C=O) groups is 2. The van der Waals surface area contributed by atoms with Gasteiger partial charge in [0.05, 0.1) is 12.7 Å². The van der Waals surface area contributed by atoms with Crippen molar-refractivity contribution < 1.29 is 14.5 Å². The molecule has 0 aliphatic heterocycles. The summed E-state index contributed by atoms with van der Waals surface area (Å²) in [4.78, 5) is 26.8. The van der Waals surface area contributed by atoms with Crippen LogP contribution in [-0.4, -0.2) is 38.2 Å². The van der Waals surface area contributed by atoms with Crippen molar-refractivity contribution in [3.8, 4) is 0 Å². The van der Waals surface area contributed by atoms with Gasteiger partial charge in [-0.25, -0.2) is 0 Å². The molecule has 2 rings (SSSR count). The first-order valence-electron chi connectivity index (χ1n) is 9.63. The van der Waals surface area contributed by atoms with Crippen molar-refractivity contribution in [1.82, 2.24) is 0 Å². The summed E-state index contributed by atoms with van der Waals surface area (Å²) in [5.41, 5.74) is 4.00. The third kappa shape index (κ3) is 6.11. The first-order chi connectivity index (χ1) is 13.5. The maximum atomic E-state index is 12.5. The third-order valence-electron chi connectivity index (χ3n) is 4.57. The summed E-state index contributed by atoms with van der Waals surface area (Å²) in [5, 5.41) is 6.00. The first kappa shape index (κ1) is 22.0.